The molecule has 0 atom stereocenters. The third-order valence-corrected chi connectivity index (χ3v) is 4.22. The number of aromatic nitrogens is 1. The van der Waals surface area contributed by atoms with E-state index < -0.39 is 0 Å². The number of amides is 1. The Morgan fingerprint density at radius 1 is 1.33 bits per heavy atom. The van der Waals surface area contributed by atoms with Gasteiger partial charge in [0.25, 0.3) is 5.91 Å². The lowest BCUT2D eigenvalue weighted by atomic mass is 10.1. The van der Waals surface area contributed by atoms with Crippen molar-refractivity contribution in [1.82, 2.24) is 14.8 Å². The summed E-state index contributed by atoms with van der Waals surface area (Å²) in [6.45, 7) is 6.64. The van der Waals surface area contributed by atoms with E-state index in [2.05, 4.69) is 15.3 Å². The highest BCUT2D eigenvalue weighted by molar-refractivity contribution is 5.95. The lowest BCUT2D eigenvalue weighted by Gasteiger charge is -2.34. The predicted octanol–water partition coefficient (Wildman–Crippen LogP) is 0.843. The second-order valence-electron chi connectivity index (χ2n) is 6.06. The highest BCUT2D eigenvalue weighted by atomic mass is 16.2. The Kier molecular flexibility index (Phi) is 4.07. The maximum Gasteiger partial charge on any atom is 0.254 e. The highest BCUT2D eigenvalue weighted by Gasteiger charge is 2.28. The minimum absolute atomic E-state index is 0.0723. The van der Waals surface area contributed by atoms with Crippen LogP contribution in [0.25, 0.3) is 0 Å². The Morgan fingerprint density at radius 3 is 2.67 bits per heavy atom. The zero-order chi connectivity index (χ0) is 14.8. The molecule has 2 heterocycles. The molecule has 1 aliphatic carbocycles. The fourth-order valence-corrected chi connectivity index (χ4v) is 2.85. The molecule has 1 saturated heterocycles. The van der Waals surface area contributed by atoms with Crippen LogP contribution in [0.5, 0.6) is 0 Å². The largest absolute Gasteiger partial charge is 0.336 e. The molecule has 0 bridgehead atoms. The number of anilines is 1. The molecule has 6 nitrogen and oxygen atoms in total. The first-order valence-electron chi connectivity index (χ1n) is 7.62. The van der Waals surface area contributed by atoms with Gasteiger partial charge in [0, 0.05) is 44.0 Å². The number of nitrogens with one attached hydrogen (secondary N) is 1. The fraction of sp³-hybridized carbons (Fsp3) is 0.600. The van der Waals surface area contributed by atoms with Gasteiger partial charge in [-0.1, -0.05) is 0 Å². The monoisotopic (exact) mass is 289 g/mol. The van der Waals surface area contributed by atoms with E-state index in [1.165, 1.54) is 19.4 Å². The van der Waals surface area contributed by atoms with Gasteiger partial charge >= 0.3 is 0 Å². The molecule has 3 N–H and O–H groups in total. The topological polar surface area (TPSA) is 74.5 Å². The average Bonchev–Trinajstić information content (AvgIpc) is 3.30. The summed E-state index contributed by atoms with van der Waals surface area (Å²) < 4.78 is 0. The Hall–Kier alpha value is -1.66. The van der Waals surface area contributed by atoms with Gasteiger partial charge < -0.3 is 10.3 Å². The van der Waals surface area contributed by atoms with Crippen molar-refractivity contribution in [2.45, 2.75) is 19.8 Å². The normalized spacial score (nSPS) is 19.6. The summed E-state index contributed by atoms with van der Waals surface area (Å²) in [5.41, 5.74) is 3.96. The van der Waals surface area contributed by atoms with Gasteiger partial charge in [-0.25, -0.2) is 10.8 Å². The fourth-order valence-electron chi connectivity index (χ4n) is 2.85. The van der Waals surface area contributed by atoms with Crippen LogP contribution in [-0.2, 0) is 0 Å². The Morgan fingerprint density at radius 2 is 2.05 bits per heavy atom. The van der Waals surface area contributed by atoms with Gasteiger partial charge in [-0.05, 0) is 37.8 Å². The van der Waals surface area contributed by atoms with Crippen molar-refractivity contribution in [3.8, 4) is 0 Å². The summed E-state index contributed by atoms with van der Waals surface area (Å²) in [5, 5.41) is 0. The lowest BCUT2D eigenvalue weighted by Crippen LogP contribution is -2.49. The summed E-state index contributed by atoms with van der Waals surface area (Å²) in [6.07, 6.45) is 2.76. The molecule has 1 saturated carbocycles. The maximum absolute atomic E-state index is 12.6. The molecule has 2 aliphatic rings. The highest BCUT2D eigenvalue weighted by Crippen LogP contribution is 2.30. The number of rotatable bonds is 4. The Balaban J connectivity index is 1.61. The molecule has 114 valence electrons. The van der Waals surface area contributed by atoms with E-state index in [-0.39, 0.29) is 5.91 Å². The molecule has 0 unspecified atom stereocenters. The van der Waals surface area contributed by atoms with Gasteiger partial charge in [-0.2, -0.15) is 0 Å². The summed E-state index contributed by atoms with van der Waals surface area (Å²) >= 11 is 0. The van der Waals surface area contributed by atoms with E-state index in [1.807, 2.05) is 17.9 Å². The number of pyridine rings is 1. The van der Waals surface area contributed by atoms with Crippen LogP contribution in [0, 0.1) is 12.8 Å². The number of hydrogen-bond acceptors (Lipinski definition) is 5. The smallest absolute Gasteiger partial charge is 0.254 e. The van der Waals surface area contributed by atoms with E-state index >= 15 is 0 Å². The quantitative estimate of drug-likeness (QED) is 0.635. The van der Waals surface area contributed by atoms with Crippen LogP contribution in [0.3, 0.4) is 0 Å². The SMILES string of the molecule is Cc1cc(C(=O)N2CCN(CC3CC3)CC2)cc(NN)n1. The molecule has 0 radical (unpaired) electrons. The van der Waals surface area contributed by atoms with Crippen molar-refractivity contribution in [3.63, 3.8) is 0 Å². The molecule has 1 aromatic heterocycles. The Labute approximate surface area is 125 Å². The van der Waals surface area contributed by atoms with Crippen LogP contribution in [0.15, 0.2) is 12.1 Å². The van der Waals surface area contributed by atoms with Crippen molar-refractivity contribution in [2.75, 3.05) is 38.1 Å². The molecule has 21 heavy (non-hydrogen) atoms. The summed E-state index contributed by atoms with van der Waals surface area (Å²) in [4.78, 5) is 21.2. The summed E-state index contributed by atoms with van der Waals surface area (Å²) in [7, 11) is 0. The molecule has 2 fully saturated rings. The van der Waals surface area contributed by atoms with Crippen LogP contribution >= 0.6 is 0 Å². The van der Waals surface area contributed by atoms with E-state index in [0.29, 0.717) is 11.4 Å². The molecule has 1 aliphatic heterocycles. The van der Waals surface area contributed by atoms with Crippen LogP contribution in [0.4, 0.5) is 5.82 Å². The van der Waals surface area contributed by atoms with E-state index in [4.69, 9.17) is 5.84 Å². The first-order chi connectivity index (χ1) is 10.2. The number of carbonyl (C=O) groups excluding carboxylic acids is 1. The van der Waals surface area contributed by atoms with Crippen LogP contribution in [-0.4, -0.2) is 53.4 Å². The number of hydrogen-bond donors (Lipinski definition) is 2. The number of aryl methyl sites for hydroxylation is 1. The minimum Gasteiger partial charge on any atom is -0.336 e. The van der Waals surface area contributed by atoms with Crippen LogP contribution < -0.4 is 11.3 Å². The molecule has 6 heteroatoms. The standard InChI is InChI=1S/C15H23N5O/c1-11-8-13(9-14(17-11)18-16)15(21)20-6-4-19(5-7-20)10-12-2-3-12/h8-9,12H,2-7,10,16H2,1H3,(H,17,18). The van der Waals surface area contributed by atoms with Crippen molar-refractivity contribution >= 4 is 11.7 Å². The predicted molar refractivity (Wildman–Crippen MR) is 81.9 cm³/mol. The molecule has 3 rings (SSSR count). The van der Waals surface area contributed by atoms with Gasteiger partial charge in [-0.3, -0.25) is 9.69 Å². The van der Waals surface area contributed by atoms with Crippen molar-refractivity contribution < 1.29 is 4.79 Å². The van der Waals surface area contributed by atoms with Gasteiger partial charge in [0.15, 0.2) is 0 Å². The molecule has 1 aromatic rings. The number of nitrogens with zero attached hydrogens (tertiary/aromatic N) is 3. The number of carbonyl (C=O) groups is 1. The minimum atomic E-state index is 0.0723. The maximum atomic E-state index is 12.6. The second-order valence-corrected chi connectivity index (χ2v) is 6.06. The van der Waals surface area contributed by atoms with Gasteiger partial charge in [0.05, 0.1) is 0 Å². The van der Waals surface area contributed by atoms with Gasteiger partial charge in [-0.15, -0.1) is 0 Å². The molecule has 1 amide bonds. The van der Waals surface area contributed by atoms with Gasteiger partial charge in [0.2, 0.25) is 0 Å². The first-order valence-corrected chi connectivity index (χ1v) is 7.62. The molecular weight excluding hydrogens is 266 g/mol. The van der Waals surface area contributed by atoms with Crippen molar-refractivity contribution in [1.29, 1.82) is 0 Å². The zero-order valence-corrected chi connectivity index (χ0v) is 12.5. The van der Waals surface area contributed by atoms with Crippen LogP contribution in [0.2, 0.25) is 0 Å². The molecule has 0 spiro atoms. The summed E-state index contributed by atoms with van der Waals surface area (Å²) in [5.74, 6) is 6.91. The van der Waals surface area contributed by atoms with Crippen molar-refractivity contribution in [2.24, 2.45) is 11.8 Å². The lowest BCUT2D eigenvalue weighted by molar-refractivity contribution is 0.0632. The third-order valence-electron chi connectivity index (χ3n) is 4.22. The Bertz CT molecular complexity index is 521. The van der Waals surface area contributed by atoms with E-state index in [1.54, 1.807) is 6.07 Å². The van der Waals surface area contributed by atoms with Crippen LogP contribution in [0.1, 0.15) is 28.9 Å². The first kappa shape index (κ1) is 14.3. The van der Waals surface area contributed by atoms with E-state index in [9.17, 15) is 4.79 Å². The number of nitrogen functional groups attached to an aromatic ring is 1. The van der Waals surface area contributed by atoms with Crippen molar-refractivity contribution in [3.05, 3.63) is 23.4 Å². The second kappa shape index (κ2) is 5.99. The molecule has 0 aromatic carbocycles. The third kappa shape index (κ3) is 3.51. The number of piperazine rings is 1. The van der Waals surface area contributed by atoms with E-state index in [0.717, 1.165) is 37.8 Å². The number of nitrogens with two attached hydrogens (primary N) is 1. The molecular formula is C15H23N5O. The summed E-state index contributed by atoms with van der Waals surface area (Å²) in [6, 6.07) is 3.53. The van der Waals surface area contributed by atoms with Gasteiger partial charge in [0.1, 0.15) is 5.82 Å². The number of hydrazine groups is 1. The zero-order valence-electron chi connectivity index (χ0n) is 12.5. The average molecular weight is 289 g/mol.